The smallest absolute Gasteiger partial charge is 0.154 e. The van der Waals surface area contributed by atoms with Crippen LogP contribution in [0.25, 0.3) is 0 Å². The molecule has 110 valence electrons. The molecule has 18 heavy (non-hydrogen) atoms. The molecular weight excluding hydrogens is 359 g/mol. The van der Waals surface area contributed by atoms with Gasteiger partial charge in [0.25, 0.3) is 0 Å². The molecule has 0 aromatic rings. The van der Waals surface area contributed by atoms with Gasteiger partial charge in [-0.1, -0.05) is 96.1 Å². The van der Waals surface area contributed by atoms with E-state index < -0.39 is 5.08 Å². The molecule has 3 heteroatoms. The van der Waals surface area contributed by atoms with Crippen LogP contribution in [0.1, 0.15) is 83.5 Å². The Labute approximate surface area is 130 Å². The molecule has 0 heterocycles. The largest absolute Gasteiger partial charge is 0.235 e. The lowest BCUT2D eigenvalue weighted by Crippen LogP contribution is -1.87. The first-order valence-electron chi connectivity index (χ1n) is 7.61. The van der Waals surface area contributed by atoms with Crippen molar-refractivity contribution in [3.8, 4) is 0 Å². The van der Waals surface area contributed by atoms with Crippen molar-refractivity contribution in [3.63, 3.8) is 0 Å². The van der Waals surface area contributed by atoms with Gasteiger partial charge >= 0.3 is 0 Å². The summed E-state index contributed by atoms with van der Waals surface area (Å²) in [4.78, 5) is 0. The summed E-state index contributed by atoms with van der Waals surface area (Å²) in [6, 6.07) is 0. The summed E-state index contributed by atoms with van der Waals surface area (Å²) < 4.78 is 12.4. The maximum Gasteiger partial charge on any atom is 0.154 e. The first-order chi connectivity index (χ1) is 8.77. The van der Waals surface area contributed by atoms with Crippen molar-refractivity contribution in [2.75, 3.05) is 5.33 Å². The first kappa shape index (κ1) is 18.9. The monoisotopic (exact) mass is 386 g/mol. The zero-order chi connectivity index (χ0) is 13.5. The minimum atomic E-state index is -0.790. The number of unbranched alkanes of at least 4 members (excludes halogenated alkanes) is 11. The molecule has 0 aliphatic heterocycles. The molecule has 1 unspecified atom stereocenters. The summed E-state index contributed by atoms with van der Waals surface area (Å²) in [5, 5.41) is 0.368. The topological polar surface area (TPSA) is 0 Å². The van der Waals surface area contributed by atoms with Gasteiger partial charge in [-0.05, 0) is 19.3 Å². The molecule has 0 aromatic carbocycles. The van der Waals surface area contributed by atoms with Gasteiger partial charge in [-0.2, -0.15) is 0 Å². The molecule has 0 rings (SSSR count). The van der Waals surface area contributed by atoms with Crippen LogP contribution in [0.2, 0.25) is 0 Å². The lowest BCUT2D eigenvalue weighted by molar-refractivity contribution is 0.418. The zero-order valence-electron chi connectivity index (χ0n) is 11.6. The lowest BCUT2D eigenvalue weighted by atomic mass is 10.0. The normalized spacial score (nSPS) is 12.8. The summed E-state index contributed by atoms with van der Waals surface area (Å²) in [5.41, 5.74) is 0. The Morgan fingerprint density at radius 2 is 0.944 bits per heavy atom. The van der Waals surface area contributed by atoms with Crippen molar-refractivity contribution in [2.24, 2.45) is 0 Å². The van der Waals surface area contributed by atoms with E-state index in [1.54, 1.807) is 0 Å². The van der Waals surface area contributed by atoms with Crippen LogP contribution in [-0.2, 0) is 0 Å². The van der Waals surface area contributed by atoms with Crippen LogP contribution >= 0.6 is 31.9 Å². The third-order valence-corrected chi connectivity index (χ3v) is 4.32. The Hall–Kier alpha value is 0.890. The number of alkyl halides is 3. The fourth-order valence-electron chi connectivity index (χ4n) is 2.16. The molecule has 0 fully saturated rings. The van der Waals surface area contributed by atoms with Crippen LogP contribution in [-0.4, -0.2) is 10.4 Å². The van der Waals surface area contributed by atoms with E-state index in [1.807, 2.05) is 0 Å². The van der Waals surface area contributed by atoms with Gasteiger partial charge in [-0.25, -0.2) is 4.39 Å². The standard InChI is InChI=1S/C15H29Br2F/c16-14-12-10-8-6-4-2-1-3-5-7-9-11-13-15(17)18/h15H,1-14H2. The van der Waals surface area contributed by atoms with Crippen molar-refractivity contribution in [3.05, 3.63) is 0 Å². The molecule has 0 spiro atoms. The van der Waals surface area contributed by atoms with Gasteiger partial charge in [0.15, 0.2) is 5.08 Å². The summed E-state index contributed by atoms with van der Waals surface area (Å²) in [7, 11) is 0. The average molecular weight is 388 g/mol. The Morgan fingerprint density at radius 3 is 1.28 bits per heavy atom. The average Bonchev–Trinajstić information content (AvgIpc) is 2.34. The molecular formula is C15H29Br2F. The van der Waals surface area contributed by atoms with Gasteiger partial charge in [0, 0.05) is 5.33 Å². The maximum absolute atomic E-state index is 12.4. The summed E-state index contributed by atoms with van der Waals surface area (Å²) in [6.07, 6.45) is 16.6. The van der Waals surface area contributed by atoms with Crippen molar-refractivity contribution in [1.29, 1.82) is 0 Å². The van der Waals surface area contributed by atoms with E-state index in [1.165, 1.54) is 70.6 Å². The zero-order valence-corrected chi connectivity index (χ0v) is 14.8. The van der Waals surface area contributed by atoms with E-state index in [4.69, 9.17) is 0 Å². The molecule has 0 aliphatic carbocycles. The van der Waals surface area contributed by atoms with Crippen LogP contribution < -0.4 is 0 Å². The Balaban J connectivity index is 2.90. The van der Waals surface area contributed by atoms with E-state index in [0.29, 0.717) is 6.42 Å². The quantitative estimate of drug-likeness (QED) is 0.219. The fraction of sp³-hybridized carbons (Fsp3) is 1.00. The molecule has 0 saturated carbocycles. The van der Waals surface area contributed by atoms with Crippen molar-refractivity contribution in [1.82, 2.24) is 0 Å². The van der Waals surface area contributed by atoms with Crippen molar-refractivity contribution in [2.45, 2.75) is 88.6 Å². The number of hydrogen-bond donors (Lipinski definition) is 0. The van der Waals surface area contributed by atoms with Crippen LogP contribution in [0, 0.1) is 0 Å². The SMILES string of the molecule is FC(Br)CCCCCCCCCCCCCCBr. The maximum atomic E-state index is 12.4. The second kappa shape index (κ2) is 15.9. The van der Waals surface area contributed by atoms with E-state index in [0.717, 1.165) is 11.8 Å². The Kier molecular flexibility index (Phi) is 16.7. The van der Waals surface area contributed by atoms with Gasteiger partial charge in [-0.3, -0.25) is 0 Å². The molecule has 0 bridgehead atoms. The molecule has 0 radical (unpaired) electrons. The summed E-state index contributed by atoms with van der Waals surface area (Å²) in [6.45, 7) is 0. The van der Waals surface area contributed by atoms with E-state index in [9.17, 15) is 4.39 Å². The highest BCUT2D eigenvalue weighted by atomic mass is 79.9. The third kappa shape index (κ3) is 16.9. The van der Waals surface area contributed by atoms with E-state index >= 15 is 0 Å². The number of rotatable bonds is 14. The van der Waals surface area contributed by atoms with Gasteiger partial charge in [0.05, 0.1) is 0 Å². The third-order valence-electron chi connectivity index (χ3n) is 3.31. The highest BCUT2D eigenvalue weighted by Gasteiger charge is 1.98. The van der Waals surface area contributed by atoms with Gasteiger partial charge in [0.2, 0.25) is 0 Å². The molecule has 0 N–H and O–H groups in total. The fourth-order valence-corrected chi connectivity index (χ4v) is 2.88. The Bertz CT molecular complexity index is 151. The highest BCUT2D eigenvalue weighted by Crippen LogP contribution is 2.15. The minimum absolute atomic E-state index is 0.675. The number of hydrogen-bond acceptors (Lipinski definition) is 0. The predicted octanol–water partition coefficient (Wildman–Crippen LogP) is 7.14. The molecule has 0 nitrogen and oxygen atoms in total. The Morgan fingerprint density at radius 1 is 0.611 bits per heavy atom. The molecule has 0 saturated heterocycles. The second-order valence-corrected chi connectivity index (χ2v) is 6.90. The highest BCUT2D eigenvalue weighted by molar-refractivity contribution is 9.09. The van der Waals surface area contributed by atoms with Gasteiger partial charge in [0.1, 0.15) is 0 Å². The molecule has 1 atom stereocenters. The molecule has 0 aliphatic rings. The molecule has 0 amide bonds. The number of halogens is 3. The molecule has 0 aromatic heterocycles. The second-order valence-electron chi connectivity index (χ2n) is 5.11. The van der Waals surface area contributed by atoms with Crippen LogP contribution in [0.4, 0.5) is 4.39 Å². The van der Waals surface area contributed by atoms with Crippen LogP contribution in [0.15, 0.2) is 0 Å². The summed E-state index contributed by atoms with van der Waals surface area (Å²) >= 11 is 6.40. The van der Waals surface area contributed by atoms with Crippen LogP contribution in [0.5, 0.6) is 0 Å². The van der Waals surface area contributed by atoms with E-state index in [2.05, 4.69) is 31.9 Å². The van der Waals surface area contributed by atoms with Crippen LogP contribution in [0.3, 0.4) is 0 Å². The van der Waals surface area contributed by atoms with Crippen molar-refractivity contribution < 1.29 is 4.39 Å². The predicted molar refractivity (Wildman–Crippen MR) is 87.6 cm³/mol. The summed E-state index contributed by atoms with van der Waals surface area (Å²) in [5.74, 6) is 0. The first-order valence-corrected chi connectivity index (χ1v) is 9.65. The lowest BCUT2D eigenvalue weighted by Gasteiger charge is -2.03. The van der Waals surface area contributed by atoms with Gasteiger partial charge in [-0.15, -0.1) is 0 Å². The van der Waals surface area contributed by atoms with E-state index in [-0.39, 0.29) is 0 Å². The van der Waals surface area contributed by atoms with Crippen molar-refractivity contribution >= 4 is 31.9 Å². The van der Waals surface area contributed by atoms with Gasteiger partial charge < -0.3 is 0 Å². The minimum Gasteiger partial charge on any atom is -0.235 e.